The minimum absolute atomic E-state index is 0.00562. The minimum atomic E-state index is -1.26. The Morgan fingerprint density at radius 3 is 2.96 bits per heavy atom. The maximum atomic E-state index is 13.0. The number of aliphatic hydroxyl groups is 1. The number of hydrogen-bond acceptors (Lipinski definition) is 5. The molecule has 2 bridgehead atoms. The average Bonchev–Trinajstić information content (AvgIpc) is 2.86. The van der Waals surface area contributed by atoms with E-state index < -0.39 is 27.8 Å². The molecule has 1 saturated carbocycles. The Bertz CT molecular complexity index is 760. The third-order valence-corrected chi connectivity index (χ3v) is 6.74. The van der Waals surface area contributed by atoms with Crippen molar-refractivity contribution in [3.05, 3.63) is 28.5 Å². The van der Waals surface area contributed by atoms with Gasteiger partial charge in [0.25, 0.3) is 0 Å². The van der Waals surface area contributed by atoms with Crippen LogP contribution in [0.15, 0.2) is 12.1 Å². The summed E-state index contributed by atoms with van der Waals surface area (Å²) < 4.78 is 5.40. The zero-order chi connectivity index (χ0) is 16.2. The summed E-state index contributed by atoms with van der Waals surface area (Å²) in [4.78, 5) is 12.5. The smallest absolute Gasteiger partial charge is 0.174 e. The molecule has 1 spiro atoms. The van der Waals surface area contributed by atoms with E-state index in [-0.39, 0.29) is 18.0 Å². The largest absolute Gasteiger partial charge is 0.633 e. The van der Waals surface area contributed by atoms with E-state index in [1.807, 2.05) is 0 Å². The van der Waals surface area contributed by atoms with E-state index in [1.54, 1.807) is 19.2 Å². The van der Waals surface area contributed by atoms with E-state index >= 15 is 0 Å². The number of piperidine rings is 1. The first-order chi connectivity index (χ1) is 10.8. The van der Waals surface area contributed by atoms with Crippen molar-refractivity contribution in [2.24, 2.45) is 0 Å². The molecule has 2 aliphatic heterocycles. The summed E-state index contributed by atoms with van der Waals surface area (Å²) in [6.45, 7) is 0.342. The van der Waals surface area contributed by atoms with Crippen molar-refractivity contribution in [2.75, 3.05) is 13.6 Å². The summed E-state index contributed by atoms with van der Waals surface area (Å²) in [6.07, 6.45) is 0.571. The van der Waals surface area contributed by atoms with E-state index in [9.17, 15) is 20.2 Å². The molecule has 6 nitrogen and oxygen atoms in total. The molecule has 2 fully saturated rings. The summed E-state index contributed by atoms with van der Waals surface area (Å²) >= 11 is 0. The number of likely N-dealkylation sites (tertiary alicyclic amines) is 1. The first-order valence-electron chi connectivity index (χ1n) is 8.14. The monoisotopic (exact) mass is 317 g/mol. The number of rotatable bonds is 0. The molecular weight excluding hydrogens is 298 g/mol. The van der Waals surface area contributed by atoms with Crippen LogP contribution >= 0.6 is 0 Å². The van der Waals surface area contributed by atoms with Crippen molar-refractivity contribution in [2.45, 2.75) is 48.8 Å². The number of carbonyl (C=O) groups excluding carboxylic acids is 1. The molecule has 1 aromatic rings. The highest BCUT2D eigenvalue weighted by atomic mass is 16.6. The number of phenolic OH excluding ortho intramolecular Hbond substituents is 1. The Hall–Kier alpha value is -1.63. The Morgan fingerprint density at radius 1 is 1.39 bits per heavy atom. The molecule has 23 heavy (non-hydrogen) atoms. The summed E-state index contributed by atoms with van der Waals surface area (Å²) in [5.41, 5.74) is -0.443. The molecule has 0 aromatic heterocycles. The lowest BCUT2D eigenvalue weighted by atomic mass is 9.49. The maximum Gasteiger partial charge on any atom is 0.174 e. The van der Waals surface area contributed by atoms with Crippen LogP contribution in [0.2, 0.25) is 0 Å². The van der Waals surface area contributed by atoms with Crippen LogP contribution < -0.4 is 4.74 Å². The summed E-state index contributed by atoms with van der Waals surface area (Å²) in [7, 11) is 1.61. The van der Waals surface area contributed by atoms with E-state index in [0.29, 0.717) is 31.6 Å². The van der Waals surface area contributed by atoms with Crippen LogP contribution in [-0.4, -0.2) is 52.0 Å². The van der Waals surface area contributed by atoms with Crippen LogP contribution in [0.4, 0.5) is 0 Å². The lowest BCUT2D eigenvalue weighted by molar-refractivity contribution is -0.904. The van der Waals surface area contributed by atoms with Gasteiger partial charge in [0.2, 0.25) is 0 Å². The van der Waals surface area contributed by atoms with Crippen molar-refractivity contribution in [1.29, 1.82) is 0 Å². The molecule has 1 saturated heterocycles. The highest BCUT2D eigenvalue weighted by Crippen LogP contribution is 2.65. The number of phenols is 1. The van der Waals surface area contributed by atoms with Crippen molar-refractivity contribution >= 4 is 5.78 Å². The van der Waals surface area contributed by atoms with Crippen LogP contribution in [0.25, 0.3) is 0 Å². The fourth-order valence-electron chi connectivity index (χ4n) is 5.71. The van der Waals surface area contributed by atoms with Crippen molar-refractivity contribution in [3.8, 4) is 11.5 Å². The van der Waals surface area contributed by atoms with Crippen molar-refractivity contribution < 1.29 is 24.4 Å². The van der Waals surface area contributed by atoms with Gasteiger partial charge in [0.15, 0.2) is 23.4 Å². The fraction of sp³-hybridized carbons (Fsp3) is 0.588. The van der Waals surface area contributed by atoms with Crippen LogP contribution in [-0.2, 0) is 16.6 Å². The number of hydrogen-bond donors (Lipinski definition) is 2. The van der Waals surface area contributed by atoms with E-state index in [4.69, 9.17) is 4.74 Å². The molecule has 0 amide bonds. The van der Waals surface area contributed by atoms with E-state index in [2.05, 4.69) is 0 Å². The van der Waals surface area contributed by atoms with Gasteiger partial charge in [0.05, 0.1) is 19.0 Å². The molecule has 4 aliphatic rings. The second kappa shape index (κ2) is 3.71. The standard InChI is InChI=1S/C17H19NO5/c1-18(22)7-6-16-13-9-2-3-10(19)14(13)23-15(16)11(20)4-5-17(16,21)12(18)8-9/h2-3,12,15,19,21H,4-8H2,1H3/t12-,15?,16+,17?,18?/m1/s1. The Kier molecular flexibility index (Phi) is 2.22. The summed E-state index contributed by atoms with van der Waals surface area (Å²) in [5.74, 6) is 0.298. The van der Waals surface area contributed by atoms with Crippen molar-refractivity contribution in [3.63, 3.8) is 0 Å². The van der Waals surface area contributed by atoms with Crippen LogP contribution in [0.5, 0.6) is 11.5 Å². The molecule has 5 rings (SSSR count). The number of likely N-dealkylation sites (N-methyl/N-ethyl adjacent to an activating group) is 1. The topological polar surface area (TPSA) is 89.8 Å². The minimum Gasteiger partial charge on any atom is -0.633 e. The van der Waals surface area contributed by atoms with Gasteiger partial charge >= 0.3 is 0 Å². The highest BCUT2D eigenvalue weighted by molar-refractivity contribution is 5.89. The van der Waals surface area contributed by atoms with Gasteiger partial charge in [-0.25, -0.2) is 0 Å². The SMILES string of the molecule is C[N+]1([O-])CC[C@]23c4c5ccc(O)c4OC2C(=O)CCC3(O)[C@H]1C5. The number of quaternary nitrogens is 1. The number of nitrogens with zero attached hydrogens (tertiary/aromatic N) is 1. The quantitative estimate of drug-likeness (QED) is 0.544. The molecule has 2 aliphatic carbocycles. The van der Waals surface area contributed by atoms with Gasteiger partial charge in [-0.1, -0.05) is 6.07 Å². The van der Waals surface area contributed by atoms with Gasteiger partial charge in [-0.2, -0.15) is 0 Å². The van der Waals surface area contributed by atoms with E-state index in [1.165, 1.54) is 0 Å². The summed E-state index contributed by atoms with van der Waals surface area (Å²) in [5, 5.41) is 34.8. The van der Waals surface area contributed by atoms with Gasteiger partial charge in [0, 0.05) is 24.8 Å². The zero-order valence-corrected chi connectivity index (χ0v) is 12.9. The normalized spacial score (nSPS) is 46.3. The Balaban J connectivity index is 1.88. The first kappa shape index (κ1) is 13.8. The first-order valence-corrected chi connectivity index (χ1v) is 8.14. The molecular formula is C17H19NO5. The van der Waals surface area contributed by atoms with Crippen LogP contribution in [0.1, 0.15) is 30.4 Å². The van der Waals surface area contributed by atoms with Crippen molar-refractivity contribution in [1.82, 2.24) is 0 Å². The van der Waals surface area contributed by atoms with E-state index in [0.717, 1.165) is 11.1 Å². The number of ether oxygens (including phenoxy) is 1. The zero-order valence-electron chi connectivity index (χ0n) is 12.9. The second-order valence-electron chi connectivity index (χ2n) is 7.68. The molecule has 5 atom stereocenters. The molecule has 0 radical (unpaired) electrons. The molecule has 122 valence electrons. The number of ketones is 1. The van der Waals surface area contributed by atoms with Gasteiger partial charge in [0.1, 0.15) is 11.6 Å². The highest BCUT2D eigenvalue weighted by Gasteiger charge is 2.75. The van der Waals surface area contributed by atoms with Gasteiger partial charge in [-0.15, -0.1) is 0 Å². The Morgan fingerprint density at radius 2 is 2.17 bits per heavy atom. The molecule has 2 heterocycles. The molecule has 6 heteroatoms. The number of benzene rings is 1. The van der Waals surface area contributed by atoms with Gasteiger partial charge in [-0.3, -0.25) is 4.79 Å². The van der Waals surface area contributed by atoms with Crippen LogP contribution in [0.3, 0.4) is 0 Å². The van der Waals surface area contributed by atoms with Gasteiger partial charge < -0.3 is 24.8 Å². The second-order valence-corrected chi connectivity index (χ2v) is 7.68. The summed E-state index contributed by atoms with van der Waals surface area (Å²) in [6, 6.07) is 2.86. The van der Waals surface area contributed by atoms with Crippen LogP contribution in [0, 0.1) is 5.21 Å². The number of Topliss-reactive ketones (excluding diaryl/α,β-unsaturated/α-hetero) is 1. The average molecular weight is 317 g/mol. The fourth-order valence-corrected chi connectivity index (χ4v) is 5.71. The third kappa shape index (κ3) is 1.28. The van der Waals surface area contributed by atoms with Gasteiger partial charge in [-0.05, 0) is 18.1 Å². The number of hydroxylamine groups is 3. The number of aromatic hydroxyl groups is 1. The maximum absolute atomic E-state index is 13.0. The number of carbonyl (C=O) groups is 1. The predicted molar refractivity (Wildman–Crippen MR) is 79.9 cm³/mol. The lowest BCUT2D eigenvalue weighted by Gasteiger charge is -2.65. The third-order valence-electron chi connectivity index (χ3n) is 6.74. The molecule has 2 N–H and O–H groups in total. The Labute approximate surface area is 133 Å². The molecule has 1 aromatic carbocycles. The predicted octanol–water partition coefficient (Wildman–Crippen LogP) is 0.758. The molecule has 3 unspecified atom stereocenters. The lowest BCUT2D eigenvalue weighted by Crippen LogP contribution is -2.79.